The van der Waals surface area contributed by atoms with E-state index in [9.17, 15) is 0 Å². The molecule has 0 saturated carbocycles. The van der Waals surface area contributed by atoms with Crippen molar-refractivity contribution in [1.82, 2.24) is 4.98 Å². The number of nitrogens with zero attached hydrogens (tertiary/aromatic N) is 1. The Balaban J connectivity index is 2.26. The number of thiocarbonyl (C=S) groups is 1. The molecule has 2 rings (SSSR count). The Labute approximate surface area is 134 Å². The number of nitrogens with two attached hydrogens (primary N) is 1. The van der Waals surface area contributed by atoms with Crippen LogP contribution >= 0.6 is 23.6 Å². The van der Waals surface area contributed by atoms with Gasteiger partial charge >= 0.3 is 0 Å². The van der Waals surface area contributed by atoms with Gasteiger partial charge in [-0.3, -0.25) is 0 Å². The summed E-state index contributed by atoms with van der Waals surface area (Å²) in [5, 5.41) is 4.47. The molecule has 0 spiro atoms. The van der Waals surface area contributed by atoms with Crippen LogP contribution in [0.1, 0.15) is 35.3 Å². The Morgan fingerprint density at radius 3 is 2.86 bits per heavy atom. The fourth-order valence-corrected chi connectivity index (χ4v) is 3.00. The molecule has 0 fully saturated rings. The Morgan fingerprint density at radius 2 is 2.29 bits per heavy atom. The minimum Gasteiger partial charge on any atom is -0.497 e. The first kappa shape index (κ1) is 15.7. The average molecular weight is 321 g/mol. The predicted molar refractivity (Wildman–Crippen MR) is 92.4 cm³/mol. The summed E-state index contributed by atoms with van der Waals surface area (Å²) in [4.78, 5) is 6.10. The van der Waals surface area contributed by atoms with Crippen molar-refractivity contribution in [3.8, 4) is 5.75 Å². The van der Waals surface area contributed by atoms with E-state index < -0.39 is 0 Å². The van der Waals surface area contributed by atoms with E-state index in [4.69, 9.17) is 22.7 Å². The van der Waals surface area contributed by atoms with Gasteiger partial charge in [-0.05, 0) is 25.5 Å². The van der Waals surface area contributed by atoms with Crippen LogP contribution in [0.2, 0.25) is 0 Å². The standard InChI is InChI=1S/C15H19N3OS2/c1-4-11-8-17-15(21-11)9(2)18-13-7-10(19-3)5-6-12(13)14(16)20/h5-9,18H,4H2,1-3H3,(H2,16,20). The molecule has 4 nitrogen and oxygen atoms in total. The molecule has 2 aromatic rings. The molecule has 0 saturated heterocycles. The molecule has 21 heavy (non-hydrogen) atoms. The third-order valence-electron chi connectivity index (χ3n) is 3.15. The van der Waals surface area contributed by atoms with Gasteiger partial charge in [0.25, 0.3) is 0 Å². The lowest BCUT2D eigenvalue weighted by molar-refractivity contribution is 0.415. The van der Waals surface area contributed by atoms with Gasteiger partial charge in [-0.2, -0.15) is 0 Å². The van der Waals surface area contributed by atoms with Crippen LogP contribution in [0.25, 0.3) is 0 Å². The molecule has 3 N–H and O–H groups in total. The van der Waals surface area contributed by atoms with Crippen molar-refractivity contribution >= 4 is 34.2 Å². The van der Waals surface area contributed by atoms with Crippen molar-refractivity contribution in [2.75, 3.05) is 12.4 Å². The molecule has 0 bridgehead atoms. The highest BCUT2D eigenvalue weighted by Crippen LogP contribution is 2.28. The summed E-state index contributed by atoms with van der Waals surface area (Å²) in [6, 6.07) is 5.70. The van der Waals surface area contributed by atoms with E-state index in [0.29, 0.717) is 4.99 Å². The number of methoxy groups -OCH3 is 1. The first-order valence-electron chi connectivity index (χ1n) is 6.74. The lowest BCUT2D eigenvalue weighted by Gasteiger charge is -2.17. The first-order valence-corrected chi connectivity index (χ1v) is 7.96. The quantitative estimate of drug-likeness (QED) is 0.797. The summed E-state index contributed by atoms with van der Waals surface area (Å²) in [6.45, 7) is 4.20. The fraction of sp³-hybridized carbons (Fsp3) is 0.333. The highest BCUT2D eigenvalue weighted by molar-refractivity contribution is 7.80. The molecule has 6 heteroatoms. The van der Waals surface area contributed by atoms with Crippen molar-refractivity contribution in [2.45, 2.75) is 26.3 Å². The van der Waals surface area contributed by atoms with E-state index >= 15 is 0 Å². The molecule has 0 aliphatic heterocycles. The second kappa shape index (κ2) is 6.87. The van der Waals surface area contributed by atoms with E-state index in [0.717, 1.165) is 28.4 Å². The van der Waals surface area contributed by atoms with Crippen LogP contribution in [0.4, 0.5) is 5.69 Å². The molecule has 112 valence electrons. The van der Waals surface area contributed by atoms with E-state index in [1.165, 1.54) is 4.88 Å². The number of ether oxygens (including phenoxy) is 1. The van der Waals surface area contributed by atoms with Crippen LogP contribution in [0, 0.1) is 0 Å². The molecule has 1 atom stereocenters. The number of nitrogens with one attached hydrogen (secondary N) is 1. The Bertz CT molecular complexity index is 640. The van der Waals surface area contributed by atoms with Crippen molar-refractivity contribution in [1.29, 1.82) is 0 Å². The molecular formula is C15H19N3OS2. The van der Waals surface area contributed by atoms with E-state index in [1.54, 1.807) is 18.4 Å². The second-order valence-electron chi connectivity index (χ2n) is 4.66. The SMILES string of the molecule is CCc1cnc(C(C)Nc2cc(OC)ccc2C(N)=S)s1. The van der Waals surface area contributed by atoms with Gasteiger partial charge in [0.1, 0.15) is 15.7 Å². The summed E-state index contributed by atoms with van der Waals surface area (Å²) in [5.74, 6) is 0.762. The normalized spacial score (nSPS) is 12.0. The molecule has 1 heterocycles. The van der Waals surface area contributed by atoms with Crippen LogP contribution in [0.3, 0.4) is 0 Å². The zero-order valence-electron chi connectivity index (χ0n) is 12.3. The maximum Gasteiger partial charge on any atom is 0.120 e. The molecule has 0 aliphatic carbocycles. The van der Waals surface area contributed by atoms with Gasteiger partial charge in [0.2, 0.25) is 0 Å². The van der Waals surface area contributed by atoms with Crippen LogP contribution in [-0.2, 0) is 6.42 Å². The van der Waals surface area contributed by atoms with Crippen LogP contribution < -0.4 is 15.8 Å². The van der Waals surface area contributed by atoms with Crippen molar-refractivity contribution < 1.29 is 4.74 Å². The second-order valence-corrected chi connectivity index (χ2v) is 6.25. The third kappa shape index (κ3) is 3.71. The number of thiazole rings is 1. The molecular weight excluding hydrogens is 302 g/mol. The van der Waals surface area contributed by atoms with E-state index in [2.05, 4.69) is 24.1 Å². The average Bonchev–Trinajstić information content (AvgIpc) is 2.95. The molecule has 0 radical (unpaired) electrons. The van der Waals surface area contributed by atoms with Gasteiger partial charge in [-0.25, -0.2) is 4.98 Å². The summed E-state index contributed by atoms with van der Waals surface area (Å²) in [6.07, 6.45) is 2.93. The maximum atomic E-state index is 5.78. The fourth-order valence-electron chi connectivity index (χ4n) is 1.97. The molecule has 1 unspecified atom stereocenters. The predicted octanol–water partition coefficient (Wildman–Crippen LogP) is 3.52. The zero-order chi connectivity index (χ0) is 15.4. The number of hydrogen-bond donors (Lipinski definition) is 2. The zero-order valence-corrected chi connectivity index (χ0v) is 14.0. The lowest BCUT2D eigenvalue weighted by Crippen LogP contribution is -2.15. The third-order valence-corrected chi connectivity index (χ3v) is 4.70. The molecule has 0 aliphatic rings. The Morgan fingerprint density at radius 1 is 1.52 bits per heavy atom. The molecule has 0 amide bonds. The van der Waals surface area contributed by atoms with Gasteiger partial charge in [0.05, 0.1) is 13.2 Å². The number of rotatable bonds is 6. The van der Waals surface area contributed by atoms with Crippen LogP contribution in [0.5, 0.6) is 5.75 Å². The van der Waals surface area contributed by atoms with Crippen molar-refractivity contribution in [3.63, 3.8) is 0 Å². The first-order chi connectivity index (χ1) is 10.0. The van der Waals surface area contributed by atoms with Crippen LogP contribution in [-0.4, -0.2) is 17.1 Å². The van der Waals surface area contributed by atoms with Gasteiger partial charge in [0.15, 0.2) is 0 Å². The number of benzene rings is 1. The number of aryl methyl sites for hydroxylation is 1. The number of hydrogen-bond acceptors (Lipinski definition) is 5. The Kier molecular flexibility index (Phi) is 5.14. The van der Waals surface area contributed by atoms with Gasteiger partial charge in [0, 0.05) is 28.4 Å². The monoisotopic (exact) mass is 321 g/mol. The summed E-state index contributed by atoms with van der Waals surface area (Å²) in [5.41, 5.74) is 7.46. The molecule has 1 aromatic carbocycles. The summed E-state index contributed by atoms with van der Waals surface area (Å²) in [7, 11) is 1.64. The minimum atomic E-state index is 0.0792. The smallest absolute Gasteiger partial charge is 0.120 e. The van der Waals surface area contributed by atoms with Crippen molar-refractivity contribution in [3.05, 3.63) is 39.8 Å². The number of anilines is 1. The van der Waals surface area contributed by atoms with Gasteiger partial charge in [-0.15, -0.1) is 11.3 Å². The van der Waals surface area contributed by atoms with Gasteiger partial charge < -0.3 is 15.8 Å². The van der Waals surface area contributed by atoms with E-state index in [-0.39, 0.29) is 6.04 Å². The van der Waals surface area contributed by atoms with E-state index in [1.807, 2.05) is 24.4 Å². The Hall–Kier alpha value is -1.66. The molecule has 1 aromatic heterocycles. The largest absolute Gasteiger partial charge is 0.497 e. The highest BCUT2D eigenvalue weighted by atomic mass is 32.1. The number of aromatic nitrogens is 1. The minimum absolute atomic E-state index is 0.0792. The maximum absolute atomic E-state index is 5.78. The van der Waals surface area contributed by atoms with Crippen molar-refractivity contribution in [2.24, 2.45) is 5.73 Å². The van der Waals surface area contributed by atoms with Crippen LogP contribution in [0.15, 0.2) is 24.4 Å². The highest BCUT2D eigenvalue weighted by Gasteiger charge is 2.14. The summed E-state index contributed by atoms with van der Waals surface area (Å²) < 4.78 is 5.26. The lowest BCUT2D eigenvalue weighted by atomic mass is 10.1. The summed E-state index contributed by atoms with van der Waals surface area (Å²) >= 11 is 6.82. The topological polar surface area (TPSA) is 60.2 Å². The van der Waals surface area contributed by atoms with Gasteiger partial charge in [-0.1, -0.05) is 19.1 Å².